The zero-order chi connectivity index (χ0) is 13.8. The minimum atomic E-state index is 0.132. The maximum absolute atomic E-state index is 8.66. The number of hydrogen-bond donors (Lipinski definition) is 2. The Morgan fingerprint density at radius 3 is 2.74 bits per heavy atom. The predicted molar refractivity (Wildman–Crippen MR) is 76.7 cm³/mol. The highest BCUT2D eigenvalue weighted by Gasteiger charge is 2.06. The maximum atomic E-state index is 8.66. The molecule has 0 aliphatic heterocycles. The van der Waals surface area contributed by atoms with Crippen molar-refractivity contribution in [3.63, 3.8) is 0 Å². The Morgan fingerprint density at radius 2 is 2.16 bits per heavy atom. The largest absolute Gasteiger partial charge is 0.468 e. The van der Waals surface area contributed by atoms with Crippen molar-refractivity contribution in [2.45, 2.75) is 24.5 Å². The van der Waals surface area contributed by atoms with Crippen molar-refractivity contribution in [3.8, 4) is 0 Å². The Morgan fingerprint density at radius 1 is 1.37 bits per heavy atom. The van der Waals surface area contributed by atoms with Crippen LogP contribution in [0, 0.1) is 13.8 Å². The molecule has 0 saturated carbocycles. The molecule has 2 rings (SSSR count). The molecule has 0 spiro atoms. The molecule has 0 unspecified atom stereocenters. The number of aryl methyl sites for hydroxylation is 2. The molecule has 1 aromatic heterocycles. The van der Waals surface area contributed by atoms with E-state index in [2.05, 4.69) is 5.16 Å². The molecule has 0 radical (unpaired) electrons. The summed E-state index contributed by atoms with van der Waals surface area (Å²) in [5.74, 6) is 1.94. The average Bonchev–Trinajstić information content (AvgIpc) is 2.82. The molecular weight excluding hydrogens is 260 g/mol. The van der Waals surface area contributed by atoms with E-state index < -0.39 is 0 Å². The predicted octanol–water partition coefficient (Wildman–Crippen LogP) is 3.28. The van der Waals surface area contributed by atoms with Crippen molar-refractivity contribution in [1.29, 1.82) is 0 Å². The molecule has 1 aromatic carbocycles. The summed E-state index contributed by atoms with van der Waals surface area (Å²) in [6.45, 7) is 3.98. The Balaban J connectivity index is 2.12. The van der Waals surface area contributed by atoms with Gasteiger partial charge in [-0.3, -0.25) is 0 Å². The molecule has 19 heavy (non-hydrogen) atoms. The minimum absolute atomic E-state index is 0.132. The second kappa shape index (κ2) is 5.84. The van der Waals surface area contributed by atoms with Crippen molar-refractivity contribution >= 4 is 17.6 Å². The van der Waals surface area contributed by atoms with Crippen LogP contribution in [0.25, 0.3) is 0 Å². The highest BCUT2D eigenvalue weighted by Crippen LogP contribution is 2.28. The molecule has 3 N–H and O–H groups in total. The number of oxime groups is 1. The average molecular weight is 276 g/mol. The van der Waals surface area contributed by atoms with E-state index in [0.29, 0.717) is 0 Å². The van der Waals surface area contributed by atoms with Crippen LogP contribution in [0.4, 0.5) is 0 Å². The lowest BCUT2D eigenvalue weighted by molar-refractivity contribution is 0.318. The van der Waals surface area contributed by atoms with Crippen LogP contribution in [0.15, 0.2) is 45.0 Å². The molecule has 0 atom stereocenters. The van der Waals surface area contributed by atoms with Crippen LogP contribution < -0.4 is 5.73 Å². The summed E-state index contributed by atoms with van der Waals surface area (Å²) in [5, 5.41) is 11.7. The first kappa shape index (κ1) is 13.5. The van der Waals surface area contributed by atoms with Gasteiger partial charge in [0, 0.05) is 16.2 Å². The van der Waals surface area contributed by atoms with Gasteiger partial charge >= 0.3 is 0 Å². The Labute approximate surface area is 116 Å². The number of amidine groups is 1. The van der Waals surface area contributed by atoms with Crippen LogP contribution >= 0.6 is 11.8 Å². The highest BCUT2D eigenvalue weighted by atomic mass is 32.2. The van der Waals surface area contributed by atoms with Crippen molar-refractivity contribution in [1.82, 2.24) is 0 Å². The number of rotatable bonds is 4. The lowest BCUT2D eigenvalue weighted by Gasteiger charge is -2.07. The summed E-state index contributed by atoms with van der Waals surface area (Å²) in [6, 6.07) is 7.76. The number of benzene rings is 1. The zero-order valence-electron chi connectivity index (χ0n) is 10.9. The second-order valence-electron chi connectivity index (χ2n) is 4.26. The number of nitrogens with zero attached hydrogens (tertiary/aromatic N) is 1. The molecule has 0 fully saturated rings. The van der Waals surface area contributed by atoms with E-state index >= 15 is 0 Å². The van der Waals surface area contributed by atoms with Crippen LogP contribution in [0.1, 0.15) is 22.5 Å². The topological polar surface area (TPSA) is 71.8 Å². The van der Waals surface area contributed by atoms with Gasteiger partial charge in [-0.05, 0) is 37.1 Å². The zero-order valence-corrected chi connectivity index (χ0v) is 11.7. The third-order valence-electron chi connectivity index (χ3n) is 2.94. The molecular formula is C14H16N2O2S. The lowest BCUT2D eigenvalue weighted by Crippen LogP contribution is -2.13. The van der Waals surface area contributed by atoms with Gasteiger partial charge in [-0.2, -0.15) is 0 Å². The van der Waals surface area contributed by atoms with Crippen molar-refractivity contribution in [2.75, 3.05) is 0 Å². The fourth-order valence-electron chi connectivity index (χ4n) is 1.75. The molecule has 4 nitrogen and oxygen atoms in total. The molecule has 1 heterocycles. The molecule has 0 aliphatic rings. The van der Waals surface area contributed by atoms with E-state index in [1.165, 1.54) is 5.56 Å². The van der Waals surface area contributed by atoms with Gasteiger partial charge in [0.25, 0.3) is 0 Å². The molecule has 0 amide bonds. The smallest absolute Gasteiger partial charge is 0.170 e. The van der Waals surface area contributed by atoms with Gasteiger partial charge in [0.2, 0.25) is 0 Å². The van der Waals surface area contributed by atoms with Gasteiger partial charge in [0.05, 0.1) is 6.26 Å². The van der Waals surface area contributed by atoms with E-state index in [-0.39, 0.29) is 5.84 Å². The van der Waals surface area contributed by atoms with Crippen LogP contribution in [-0.2, 0) is 5.75 Å². The molecule has 0 saturated heterocycles. The van der Waals surface area contributed by atoms with Crippen molar-refractivity contribution in [3.05, 3.63) is 53.0 Å². The van der Waals surface area contributed by atoms with Gasteiger partial charge in [-0.15, -0.1) is 11.8 Å². The van der Waals surface area contributed by atoms with Crippen LogP contribution in [0.3, 0.4) is 0 Å². The summed E-state index contributed by atoms with van der Waals surface area (Å²) in [7, 11) is 0. The van der Waals surface area contributed by atoms with Gasteiger partial charge in [0.1, 0.15) is 5.76 Å². The van der Waals surface area contributed by atoms with Gasteiger partial charge < -0.3 is 15.4 Å². The van der Waals surface area contributed by atoms with E-state index in [1.54, 1.807) is 18.0 Å². The first-order chi connectivity index (χ1) is 9.11. The molecule has 5 heteroatoms. The Kier molecular flexibility index (Phi) is 4.16. The monoisotopic (exact) mass is 276 g/mol. The normalized spacial score (nSPS) is 11.8. The first-order valence-corrected chi connectivity index (χ1v) is 6.84. The van der Waals surface area contributed by atoms with E-state index in [4.69, 9.17) is 15.4 Å². The maximum Gasteiger partial charge on any atom is 0.170 e. The Hall–Kier alpha value is -1.88. The summed E-state index contributed by atoms with van der Waals surface area (Å²) < 4.78 is 5.27. The third-order valence-corrected chi connectivity index (χ3v) is 4.13. The van der Waals surface area contributed by atoms with Gasteiger partial charge in [0.15, 0.2) is 5.84 Å². The summed E-state index contributed by atoms with van der Waals surface area (Å²) in [5.41, 5.74) is 8.64. The second-order valence-corrected chi connectivity index (χ2v) is 5.27. The summed E-state index contributed by atoms with van der Waals surface area (Å²) in [4.78, 5) is 1.15. The number of nitrogens with two attached hydrogens (primary N) is 1. The van der Waals surface area contributed by atoms with Crippen molar-refractivity contribution < 1.29 is 9.62 Å². The number of thioether (sulfide) groups is 1. The standard InChI is InChI=1S/C14H16N2O2S/c1-9-7-11(14(15)16-17)3-4-12(9)8-19-13-5-6-18-10(13)2/h3-7,17H,8H2,1-2H3,(H2,15,16). The van der Waals surface area contributed by atoms with Gasteiger partial charge in [-0.1, -0.05) is 17.3 Å². The minimum Gasteiger partial charge on any atom is -0.468 e. The molecule has 100 valence electrons. The molecule has 2 aromatic rings. The van der Waals surface area contributed by atoms with E-state index in [9.17, 15) is 0 Å². The number of furan rings is 1. The van der Waals surface area contributed by atoms with Crippen LogP contribution in [0.2, 0.25) is 0 Å². The summed E-state index contributed by atoms with van der Waals surface area (Å²) >= 11 is 1.74. The lowest BCUT2D eigenvalue weighted by atomic mass is 10.1. The Bertz CT molecular complexity index is 605. The van der Waals surface area contributed by atoms with Crippen LogP contribution in [-0.4, -0.2) is 11.0 Å². The van der Waals surface area contributed by atoms with Crippen molar-refractivity contribution in [2.24, 2.45) is 10.9 Å². The molecule has 0 aliphatic carbocycles. The first-order valence-electron chi connectivity index (χ1n) is 5.86. The fraction of sp³-hybridized carbons (Fsp3) is 0.214. The summed E-state index contributed by atoms with van der Waals surface area (Å²) in [6.07, 6.45) is 1.70. The van der Waals surface area contributed by atoms with E-state index in [0.717, 1.165) is 27.5 Å². The third kappa shape index (κ3) is 3.12. The fourth-order valence-corrected chi connectivity index (χ4v) is 2.79. The SMILES string of the molecule is Cc1cc(/C(N)=N/O)ccc1CSc1ccoc1C. The van der Waals surface area contributed by atoms with Gasteiger partial charge in [-0.25, -0.2) is 0 Å². The van der Waals surface area contributed by atoms with E-state index in [1.807, 2.05) is 38.1 Å². The molecule has 0 bridgehead atoms. The highest BCUT2D eigenvalue weighted by molar-refractivity contribution is 7.98. The van der Waals surface area contributed by atoms with Crippen LogP contribution in [0.5, 0.6) is 0 Å². The number of hydrogen-bond acceptors (Lipinski definition) is 4. The quantitative estimate of drug-likeness (QED) is 0.295.